The van der Waals surface area contributed by atoms with Crippen molar-refractivity contribution in [2.24, 2.45) is 11.3 Å². The van der Waals surface area contributed by atoms with E-state index in [0.717, 1.165) is 25.8 Å². The Balaban J connectivity index is 1.74. The third-order valence-electron chi connectivity index (χ3n) is 5.13. The molecule has 7 nitrogen and oxygen atoms in total. The molecule has 8 heteroatoms. The van der Waals surface area contributed by atoms with Gasteiger partial charge >= 0.3 is 5.69 Å². The summed E-state index contributed by atoms with van der Waals surface area (Å²) in [5.74, 6) is 0.881. The zero-order chi connectivity index (χ0) is 17.6. The van der Waals surface area contributed by atoms with Crippen LogP contribution >= 0.6 is 15.9 Å². The highest BCUT2D eigenvalue weighted by atomic mass is 79.9. The number of nitrogens with one attached hydrogen (secondary N) is 2. The lowest BCUT2D eigenvalue weighted by molar-refractivity contribution is -0.129. The summed E-state index contributed by atoms with van der Waals surface area (Å²) in [4.78, 5) is 25.2. The third kappa shape index (κ3) is 2.93. The van der Waals surface area contributed by atoms with E-state index in [1.807, 2.05) is 0 Å². The molecule has 1 atom stereocenters. The molecule has 1 aliphatic heterocycles. The van der Waals surface area contributed by atoms with E-state index in [9.17, 15) is 14.7 Å². The molecule has 132 valence electrons. The average molecular weight is 407 g/mol. The Morgan fingerprint density at radius 1 is 1.44 bits per heavy atom. The molecule has 2 aromatic rings. The molecule has 25 heavy (non-hydrogen) atoms. The van der Waals surface area contributed by atoms with Crippen LogP contribution in [0, 0.1) is 11.3 Å². The quantitative estimate of drug-likeness (QED) is 0.698. The van der Waals surface area contributed by atoms with Crippen LogP contribution in [0.4, 0.5) is 0 Å². The number of aromatic hydroxyl groups is 1. The van der Waals surface area contributed by atoms with Crippen molar-refractivity contribution >= 4 is 21.7 Å². The van der Waals surface area contributed by atoms with Gasteiger partial charge in [0.25, 0.3) is 0 Å². The summed E-state index contributed by atoms with van der Waals surface area (Å²) in [5, 5.41) is 20.1. The van der Waals surface area contributed by atoms with Gasteiger partial charge in [0.05, 0.1) is 5.69 Å². The van der Waals surface area contributed by atoms with Crippen molar-refractivity contribution in [3.8, 4) is 11.4 Å². The molecule has 2 heterocycles. The second-order valence-electron chi connectivity index (χ2n) is 6.94. The Morgan fingerprint density at radius 2 is 2.24 bits per heavy atom. The molecule has 4 rings (SSSR count). The van der Waals surface area contributed by atoms with Gasteiger partial charge in [0.15, 0.2) is 0 Å². The molecule has 3 N–H and O–H groups in total. The van der Waals surface area contributed by atoms with Gasteiger partial charge in [0.1, 0.15) is 17.4 Å². The fourth-order valence-electron chi connectivity index (χ4n) is 3.66. The minimum absolute atomic E-state index is 0.0220. The van der Waals surface area contributed by atoms with Crippen molar-refractivity contribution in [2.75, 3.05) is 13.1 Å². The molecule has 0 amide bonds. The molecule has 0 bridgehead atoms. The van der Waals surface area contributed by atoms with Gasteiger partial charge in [0, 0.05) is 28.8 Å². The lowest BCUT2D eigenvalue weighted by atomic mass is 9.77. The predicted molar refractivity (Wildman–Crippen MR) is 94.9 cm³/mol. The number of hydrogen-bond acceptors (Lipinski definition) is 5. The third-order valence-corrected chi connectivity index (χ3v) is 5.62. The number of phenolic OH excluding ortho intramolecular Hbond substituents is 1. The minimum Gasteiger partial charge on any atom is -0.506 e. The number of rotatable bonds is 5. The number of Topliss-reactive ketones (excluding diaryl/α,β-unsaturated/α-hetero) is 1. The zero-order valence-corrected chi connectivity index (χ0v) is 15.2. The first-order chi connectivity index (χ1) is 12.0. The number of aromatic nitrogens is 3. The van der Waals surface area contributed by atoms with Crippen LogP contribution in [-0.2, 0) is 11.2 Å². The SMILES string of the molecule is O=C(C1CC1)[C@]1(Cc2n[nH]c(=O)n2-c2ccc(Br)cc2O)CCNC1. The van der Waals surface area contributed by atoms with E-state index in [4.69, 9.17) is 0 Å². The molecule has 1 aliphatic carbocycles. The summed E-state index contributed by atoms with van der Waals surface area (Å²) >= 11 is 3.29. The molecule has 0 radical (unpaired) electrons. The number of nitrogens with zero attached hydrogens (tertiary/aromatic N) is 2. The Labute approximate surface area is 152 Å². The van der Waals surface area contributed by atoms with Crippen molar-refractivity contribution in [2.45, 2.75) is 25.7 Å². The highest BCUT2D eigenvalue weighted by Gasteiger charge is 2.48. The highest BCUT2D eigenvalue weighted by molar-refractivity contribution is 9.10. The Bertz CT molecular complexity index is 878. The van der Waals surface area contributed by atoms with E-state index < -0.39 is 11.1 Å². The van der Waals surface area contributed by atoms with Crippen LogP contribution in [0.5, 0.6) is 5.75 Å². The molecule has 1 aromatic heterocycles. The van der Waals surface area contributed by atoms with Crippen LogP contribution in [-0.4, -0.2) is 38.7 Å². The van der Waals surface area contributed by atoms with Gasteiger partial charge in [-0.15, -0.1) is 0 Å². The maximum atomic E-state index is 12.9. The van der Waals surface area contributed by atoms with Gasteiger partial charge in [0.2, 0.25) is 0 Å². The number of carbonyl (C=O) groups excluding carboxylic acids is 1. The second kappa shape index (κ2) is 6.10. The van der Waals surface area contributed by atoms with Crippen molar-refractivity contribution in [3.63, 3.8) is 0 Å². The Kier molecular flexibility index (Phi) is 4.04. The Hall–Kier alpha value is -1.93. The summed E-state index contributed by atoms with van der Waals surface area (Å²) in [7, 11) is 0. The topological polar surface area (TPSA) is 100 Å². The van der Waals surface area contributed by atoms with Crippen molar-refractivity contribution in [1.29, 1.82) is 0 Å². The number of hydrogen-bond donors (Lipinski definition) is 3. The van der Waals surface area contributed by atoms with Gasteiger partial charge in [-0.3, -0.25) is 4.79 Å². The normalized spacial score (nSPS) is 23.1. The molecule has 1 saturated heterocycles. The standard InChI is InChI=1S/C17H19BrN4O3/c18-11-3-4-12(13(23)7-11)22-14(20-21-16(22)25)8-17(5-6-19-9-17)15(24)10-1-2-10/h3-4,7,10,19,23H,1-2,5-6,8-9H2,(H,21,25)/t17-/m0/s1. The van der Waals surface area contributed by atoms with Crippen molar-refractivity contribution < 1.29 is 9.90 Å². The number of phenols is 1. The van der Waals surface area contributed by atoms with Crippen molar-refractivity contribution in [1.82, 2.24) is 20.1 Å². The fourth-order valence-corrected chi connectivity index (χ4v) is 4.00. The Morgan fingerprint density at radius 3 is 2.88 bits per heavy atom. The minimum atomic E-state index is -0.518. The van der Waals surface area contributed by atoms with Gasteiger partial charge < -0.3 is 10.4 Å². The maximum absolute atomic E-state index is 12.9. The summed E-state index contributed by atoms with van der Waals surface area (Å²) in [5.41, 5.74) is -0.584. The number of ketones is 1. The van der Waals surface area contributed by atoms with Gasteiger partial charge in [-0.2, -0.15) is 5.10 Å². The van der Waals surface area contributed by atoms with Gasteiger partial charge in [-0.05, 0) is 44.0 Å². The lowest BCUT2D eigenvalue weighted by Crippen LogP contribution is -2.38. The van der Waals surface area contributed by atoms with Crippen LogP contribution in [0.25, 0.3) is 5.69 Å². The fraction of sp³-hybridized carbons (Fsp3) is 0.471. The summed E-state index contributed by atoms with van der Waals surface area (Å²) in [6.07, 6.45) is 3.04. The molecule has 1 aromatic carbocycles. The van der Waals surface area contributed by atoms with E-state index in [0.29, 0.717) is 29.0 Å². The monoisotopic (exact) mass is 406 g/mol. The largest absolute Gasteiger partial charge is 0.506 e. The molecule has 2 fully saturated rings. The van der Waals surface area contributed by atoms with Crippen molar-refractivity contribution in [3.05, 3.63) is 39.0 Å². The van der Waals surface area contributed by atoms with Gasteiger partial charge in [-0.1, -0.05) is 15.9 Å². The first-order valence-corrected chi connectivity index (χ1v) is 9.20. The molecule has 0 spiro atoms. The molecular weight excluding hydrogens is 388 g/mol. The predicted octanol–water partition coefficient (Wildman–Crippen LogP) is 1.53. The summed E-state index contributed by atoms with van der Waals surface area (Å²) in [6.45, 7) is 1.40. The van der Waals surface area contributed by atoms with Crippen LogP contribution in [0.15, 0.2) is 27.5 Å². The van der Waals surface area contributed by atoms with Crippen LogP contribution in [0.1, 0.15) is 25.1 Å². The zero-order valence-electron chi connectivity index (χ0n) is 13.6. The maximum Gasteiger partial charge on any atom is 0.348 e. The van der Waals surface area contributed by atoms with E-state index in [-0.39, 0.29) is 17.5 Å². The van der Waals surface area contributed by atoms with E-state index in [1.165, 1.54) is 10.6 Å². The lowest BCUT2D eigenvalue weighted by Gasteiger charge is -2.26. The highest BCUT2D eigenvalue weighted by Crippen LogP contribution is 2.42. The first kappa shape index (κ1) is 16.5. The van der Waals surface area contributed by atoms with E-state index in [1.54, 1.807) is 12.1 Å². The molecule has 2 aliphatic rings. The van der Waals surface area contributed by atoms with E-state index >= 15 is 0 Å². The molecular formula is C17H19BrN4O3. The number of carbonyl (C=O) groups is 1. The van der Waals surface area contributed by atoms with Crippen LogP contribution in [0.2, 0.25) is 0 Å². The number of benzene rings is 1. The average Bonchev–Trinajstić information content (AvgIpc) is 3.23. The van der Waals surface area contributed by atoms with Crippen LogP contribution < -0.4 is 11.0 Å². The smallest absolute Gasteiger partial charge is 0.348 e. The van der Waals surface area contributed by atoms with E-state index in [2.05, 4.69) is 31.4 Å². The molecule has 1 saturated carbocycles. The number of aromatic amines is 1. The van der Waals surface area contributed by atoms with Gasteiger partial charge in [-0.25, -0.2) is 14.5 Å². The summed E-state index contributed by atoms with van der Waals surface area (Å²) < 4.78 is 2.08. The van der Waals surface area contributed by atoms with Crippen LogP contribution in [0.3, 0.4) is 0 Å². The number of H-pyrrole nitrogens is 1. The summed E-state index contributed by atoms with van der Waals surface area (Å²) in [6, 6.07) is 4.93. The number of halogens is 1. The molecule has 0 unspecified atom stereocenters. The second-order valence-corrected chi connectivity index (χ2v) is 7.85. The first-order valence-electron chi connectivity index (χ1n) is 8.40.